The monoisotopic (exact) mass is 394 g/mol. The van der Waals surface area contributed by atoms with Gasteiger partial charge in [-0.25, -0.2) is 12.7 Å². The molecule has 0 aliphatic carbocycles. The minimum absolute atomic E-state index is 0.00242. The zero-order valence-electron chi connectivity index (χ0n) is 15.4. The van der Waals surface area contributed by atoms with E-state index < -0.39 is 10.0 Å². The molecule has 0 heterocycles. The van der Waals surface area contributed by atoms with Crippen molar-refractivity contribution >= 4 is 33.4 Å². The van der Waals surface area contributed by atoms with E-state index in [0.717, 1.165) is 14.8 Å². The van der Waals surface area contributed by atoms with Crippen LogP contribution in [0, 0.1) is 6.92 Å². The fourth-order valence-electron chi connectivity index (χ4n) is 2.32. The van der Waals surface area contributed by atoms with E-state index >= 15 is 0 Å². The van der Waals surface area contributed by atoms with Gasteiger partial charge in [-0.05, 0) is 49.1 Å². The molecule has 140 valence electrons. The number of carbonyl (C=O) groups is 1. The molecule has 0 saturated carbocycles. The van der Waals surface area contributed by atoms with Crippen LogP contribution in [0.3, 0.4) is 0 Å². The third kappa shape index (κ3) is 4.20. The number of ether oxygens (including phenoxy) is 1. The Morgan fingerprint density at radius 1 is 1.15 bits per heavy atom. The summed E-state index contributed by atoms with van der Waals surface area (Å²) in [5.74, 6) is -0.0750. The highest BCUT2D eigenvalue weighted by molar-refractivity contribution is 7.98. The van der Waals surface area contributed by atoms with Gasteiger partial charge < -0.3 is 10.1 Å². The van der Waals surface area contributed by atoms with Gasteiger partial charge in [-0.1, -0.05) is 6.07 Å². The second-order valence-corrected chi connectivity index (χ2v) is 8.79. The van der Waals surface area contributed by atoms with Crippen LogP contribution in [0.25, 0.3) is 0 Å². The average Bonchev–Trinajstić information content (AvgIpc) is 2.61. The van der Waals surface area contributed by atoms with Crippen molar-refractivity contribution < 1.29 is 17.9 Å². The number of sulfonamides is 1. The number of methoxy groups -OCH3 is 1. The summed E-state index contributed by atoms with van der Waals surface area (Å²) in [6, 6.07) is 10.2. The summed E-state index contributed by atoms with van der Waals surface area (Å²) in [7, 11) is 0.578. The molecule has 2 aromatic rings. The zero-order chi connectivity index (χ0) is 19.5. The van der Waals surface area contributed by atoms with Crippen LogP contribution in [0.5, 0.6) is 5.75 Å². The van der Waals surface area contributed by atoms with E-state index in [1.807, 2.05) is 31.4 Å². The number of amides is 1. The average molecular weight is 395 g/mol. The number of carbonyl (C=O) groups excluding carboxylic acids is 1. The van der Waals surface area contributed by atoms with Gasteiger partial charge in [0.1, 0.15) is 10.6 Å². The maximum absolute atomic E-state index is 12.6. The first-order chi connectivity index (χ1) is 12.2. The Bertz CT molecular complexity index is 925. The number of nitrogens with one attached hydrogen (secondary N) is 1. The van der Waals surface area contributed by atoms with Gasteiger partial charge in [-0.2, -0.15) is 0 Å². The van der Waals surface area contributed by atoms with E-state index in [9.17, 15) is 13.2 Å². The topological polar surface area (TPSA) is 75.7 Å². The lowest BCUT2D eigenvalue weighted by atomic mass is 10.1. The smallest absolute Gasteiger partial charge is 0.255 e. The quantitative estimate of drug-likeness (QED) is 0.762. The Hall–Kier alpha value is -2.03. The summed E-state index contributed by atoms with van der Waals surface area (Å²) in [6.07, 6.45) is 1.94. The molecule has 6 nitrogen and oxygen atoms in total. The van der Waals surface area contributed by atoms with Gasteiger partial charge in [-0.3, -0.25) is 4.79 Å². The molecule has 0 aliphatic rings. The van der Waals surface area contributed by atoms with Crippen LogP contribution in [-0.2, 0) is 10.0 Å². The molecule has 0 atom stereocenters. The van der Waals surface area contributed by atoms with Crippen molar-refractivity contribution in [2.24, 2.45) is 0 Å². The molecular formula is C18H22N2O4S2. The Morgan fingerprint density at radius 2 is 1.85 bits per heavy atom. The summed E-state index contributed by atoms with van der Waals surface area (Å²) in [5, 5.41) is 2.77. The van der Waals surface area contributed by atoms with Crippen molar-refractivity contribution in [3.63, 3.8) is 0 Å². The van der Waals surface area contributed by atoms with E-state index in [1.54, 1.807) is 17.8 Å². The van der Waals surface area contributed by atoms with E-state index in [4.69, 9.17) is 4.74 Å². The number of hydrogen-bond donors (Lipinski definition) is 1. The first kappa shape index (κ1) is 20.3. The molecule has 0 spiro atoms. The molecule has 1 N–H and O–H groups in total. The molecule has 2 aromatic carbocycles. The predicted octanol–water partition coefficient (Wildman–Crippen LogP) is 3.23. The summed E-state index contributed by atoms with van der Waals surface area (Å²) >= 11 is 1.55. The maximum atomic E-state index is 12.6. The Morgan fingerprint density at radius 3 is 2.42 bits per heavy atom. The first-order valence-corrected chi connectivity index (χ1v) is 10.4. The molecule has 1 amide bonds. The molecule has 0 bridgehead atoms. The number of aryl methyl sites for hydroxylation is 1. The Kier molecular flexibility index (Phi) is 6.33. The van der Waals surface area contributed by atoms with Crippen molar-refractivity contribution in [3.05, 3.63) is 47.5 Å². The number of nitrogens with zero attached hydrogens (tertiary/aromatic N) is 1. The number of hydrogen-bond acceptors (Lipinski definition) is 5. The van der Waals surface area contributed by atoms with Gasteiger partial charge in [-0.15, -0.1) is 11.8 Å². The van der Waals surface area contributed by atoms with Gasteiger partial charge in [0.15, 0.2) is 0 Å². The molecular weight excluding hydrogens is 372 g/mol. The van der Waals surface area contributed by atoms with Crippen molar-refractivity contribution in [3.8, 4) is 5.75 Å². The Labute approximate surface area is 158 Å². The Balaban J connectivity index is 2.40. The molecule has 0 aromatic heterocycles. The van der Waals surface area contributed by atoms with Crippen LogP contribution < -0.4 is 10.1 Å². The highest BCUT2D eigenvalue weighted by Gasteiger charge is 2.23. The first-order valence-electron chi connectivity index (χ1n) is 7.77. The third-order valence-corrected chi connectivity index (χ3v) is 6.43. The SMILES string of the molecule is COc1ccc(NC(=O)c2cc(SC)ccc2C)cc1S(=O)(=O)N(C)C. The zero-order valence-corrected chi connectivity index (χ0v) is 17.0. The molecule has 2 rings (SSSR count). The van der Waals surface area contributed by atoms with Gasteiger partial charge in [0, 0.05) is 30.2 Å². The van der Waals surface area contributed by atoms with E-state index in [1.165, 1.54) is 33.3 Å². The molecule has 0 saturated heterocycles. The van der Waals surface area contributed by atoms with Gasteiger partial charge in [0.2, 0.25) is 10.0 Å². The largest absolute Gasteiger partial charge is 0.495 e. The number of anilines is 1. The molecule has 26 heavy (non-hydrogen) atoms. The van der Waals surface area contributed by atoms with Crippen LogP contribution in [0.2, 0.25) is 0 Å². The fraction of sp³-hybridized carbons (Fsp3) is 0.278. The van der Waals surface area contributed by atoms with Crippen LogP contribution in [-0.4, -0.2) is 46.1 Å². The van der Waals surface area contributed by atoms with E-state index in [2.05, 4.69) is 5.32 Å². The second-order valence-electron chi connectivity index (χ2n) is 5.79. The summed E-state index contributed by atoms with van der Waals surface area (Å²) < 4.78 is 31.2. The van der Waals surface area contributed by atoms with Crippen LogP contribution >= 0.6 is 11.8 Å². The van der Waals surface area contributed by atoms with Crippen molar-refractivity contribution in [1.82, 2.24) is 4.31 Å². The van der Waals surface area contributed by atoms with Crippen LogP contribution in [0.4, 0.5) is 5.69 Å². The molecule has 0 fully saturated rings. The minimum Gasteiger partial charge on any atom is -0.495 e. The lowest BCUT2D eigenvalue weighted by molar-refractivity contribution is 0.102. The van der Waals surface area contributed by atoms with Crippen LogP contribution in [0.1, 0.15) is 15.9 Å². The van der Waals surface area contributed by atoms with E-state index in [-0.39, 0.29) is 16.6 Å². The van der Waals surface area contributed by atoms with Gasteiger partial charge >= 0.3 is 0 Å². The van der Waals surface area contributed by atoms with Gasteiger partial charge in [0.05, 0.1) is 7.11 Å². The normalized spacial score (nSPS) is 11.5. The molecule has 0 aliphatic heterocycles. The standard InChI is InChI=1S/C18H22N2O4S2/c1-12-6-8-14(25-5)11-15(12)18(21)19-13-7-9-16(24-4)17(10-13)26(22,23)20(2)3/h6-11H,1-5H3,(H,19,21). The molecule has 0 radical (unpaired) electrons. The maximum Gasteiger partial charge on any atom is 0.255 e. The third-order valence-electron chi connectivity index (χ3n) is 3.87. The van der Waals surface area contributed by atoms with Crippen molar-refractivity contribution in [2.45, 2.75) is 16.7 Å². The molecule has 0 unspecified atom stereocenters. The highest BCUT2D eigenvalue weighted by atomic mass is 32.2. The van der Waals surface area contributed by atoms with Crippen LogP contribution in [0.15, 0.2) is 46.2 Å². The van der Waals surface area contributed by atoms with E-state index in [0.29, 0.717) is 11.3 Å². The summed E-state index contributed by atoms with van der Waals surface area (Å²) in [4.78, 5) is 13.6. The number of benzene rings is 2. The number of thioether (sulfide) groups is 1. The van der Waals surface area contributed by atoms with Gasteiger partial charge in [0.25, 0.3) is 5.91 Å². The summed E-state index contributed by atoms with van der Waals surface area (Å²) in [5.41, 5.74) is 1.77. The number of rotatable bonds is 6. The highest BCUT2D eigenvalue weighted by Crippen LogP contribution is 2.29. The lowest BCUT2D eigenvalue weighted by Gasteiger charge is -2.16. The minimum atomic E-state index is -3.71. The van der Waals surface area contributed by atoms with Crippen molar-refractivity contribution in [1.29, 1.82) is 0 Å². The fourth-order valence-corrected chi connectivity index (χ4v) is 3.84. The lowest BCUT2D eigenvalue weighted by Crippen LogP contribution is -2.23. The predicted molar refractivity (Wildman–Crippen MR) is 105 cm³/mol. The summed E-state index contributed by atoms with van der Waals surface area (Å²) in [6.45, 7) is 1.86. The van der Waals surface area contributed by atoms with Crippen molar-refractivity contribution in [2.75, 3.05) is 32.8 Å². The second kappa shape index (κ2) is 8.11. The molecule has 8 heteroatoms.